The average molecular weight is 1900 g/mol. The molecule has 0 amide bonds. The van der Waals surface area contributed by atoms with Gasteiger partial charge in [0.1, 0.15) is 54.9 Å². The largest absolute Gasteiger partial charge is 1.00 e. The van der Waals surface area contributed by atoms with Crippen LogP contribution in [0, 0.1) is 52.3 Å². The maximum Gasteiger partial charge on any atom is 1.00 e. The second kappa shape index (κ2) is 50.2. The minimum atomic E-state index is -6.88. The zero-order valence-corrected chi connectivity index (χ0v) is 90.9. The van der Waals surface area contributed by atoms with E-state index in [1.807, 2.05) is 0 Å². The van der Waals surface area contributed by atoms with Crippen LogP contribution in [0.1, 0.15) is 112 Å². The van der Waals surface area contributed by atoms with Gasteiger partial charge in [-0.25, -0.2) is 84.2 Å². The summed E-state index contributed by atoms with van der Waals surface area (Å²) >= 11 is 0. The monoisotopic (exact) mass is 1890 g/mol. The van der Waals surface area contributed by atoms with Gasteiger partial charge in [-0.1, -0.05) is 53.9 Å². The molecule has 594 valence electrons. The second-order valence-corrected chi connectivity index (χ2v) is 36.1. The van der Waals surface area contributed by atoms with E-state index in [1.165, 1.54) is 0 Å². The maximum absolute atomic E-state index is 12.8. The summed E-state index contributed by atoms with van der Waals surface area (Å²) in [5, 5.41) is 0. The van der Waals surface area contributed by atoms with Crippen molar-refractivity contribution in [3.05, 3.63) is 0 Å². The van der Waals surface area contributed by atoms with Crippen LogP contribution >= 0.6 is 0 Å². The molecule has 46 nitrogen and oxygen atoms in total. The minimum Gasteiger partial charge on any atom is -0.726 e. The molecule has 0 spiro atoms. The second-order valence-electron chi connectivity index (χ2n) is 25.9. The summed E-state index contributed by atoms with van der Waals surface area (Å²) in [6.07, 6.45) is -44.0. The van der Waals surface area contributed by atoms with Gasteiger partial charge in [0.05, 0.1) is 25.9 Å². The fraction of sp³-hybridized carbons (Fsp3) is 1.00. The first-order valence-electron chi connectivity index (χ1n) is 29.9. The molecule has 0 radical (unpaired) electrons. The summed E-state index contributed by atoms with van der Waals surface area (Å²) < 4.78 is 444. The van der Waals surface area contributed by atoms with Crippen LogP contribution < -0.4 is 296 Å². The summed E-state index contributed by atoms with van der Waals surface area (Å²) in [4.78, 5) is 0. The van der Waals surface area contributed by atoms with Crippen molar-refractivity contribution in [2.45, 2.75) is 210 Å². The van der Waals surface area contributed by atoms with Crippen molar-refractivity contribution in [1.82, 2.24) is 0 Å². The van der Waals surface area contributed by atoms with Gasteiger partial charge >= 0.3 is 296 Å². The van der Waals surface area contributed by atoms with Crippen molar-refractivity contribution in [3.63, 3.8) is 0 Å². The van der Waals surface area contributed by atoms with Crippen LogP contribution in [0.25, 0.3) is 0 Å². The molecule has 3 saturated heterocycles. The third-order valence-corrected chi connectivity index (χ3v) is 23.7. The average Bonchev–Trinajstić information content (AvgIpc) is 1.68. The topological polar surface area (TPSA) is 720 Å². The predicted molar refractivity (Wildman–Crippen MR) is 303 cm³/mol. The van der Waals surface area contributed by atoms with Crippen LogP contribution in [0.4, 0.5) is 0 Å². The number of fused-ring (bicyclic) bond motifs is 5. The van der Waals surface area contributed by atoms with Gasteiger partial charge in [-0.05, 0) is 110 Å². The Morgan fingerprint density at radius 3 is 0.991 bits per heavy atom. The van der Waals surface area contributed by atoms with E-state index < -0.39 is 227 Å². The van der Waals surface area contributed by atoms with Crippen molar-refractivity contribution in [2.24, 2.45) is 52.3 Å². The van der Waals surface area contributed by atoms with Gasteiger partial charge < -0.3 is 73.9 Å². The molecule has 4 saturated carbocycles. The Hall–Kier alpha value is 8.46. The Morgan fingerprint density at radius 1 is 0.342 bits per heavy atom. The molecule has 7 aliphatic rings. The molecule has 7 rings (SSSR count). The van der Waals surface area contributed by atoms with Gasteiger partial charge in [0.2, 0.25) is 104 Å². The molecule has 111 heavy (non-hydrogen) atoms. The Balaban J connectivity index is -0.00000572. The van der Waals surface area contributed by atoms with Crippen LogP contribution in [-0.4, -0.2) is 248 Å². The van der Waals surface area contributed by atoms with Crippen molar-refractivity contribution in [2.75, 3.05) is 19.8 Å². The zero-order valence-electron chi connectivity index (χ0n) is 62.7. The van der Waals surface area contributed by atoms with E-state index >= 15 is 0 Å². The molecule has 0 aromatic rings. The molecule has 0 bridgehead atoms. The summed E-state index contributed by atoms with van der Waals surface area (Å²) in [5.41, 5.74) is -0.351. The van der Waals surface area contributed by atoms with Gasteiger partial charge in [-0.15, -0.1) is 0 Å². The summed E-state index contributed by atoms with van der Waals surface area (Å²) in [5.74, 6) is 2.13. The first-order valence-corrected chi connectivity index (χ1v) is 43.2. The third kappa shape index (κ3) is 39.6. The Morgan fingerprint density at radius 2 is 0.649 bits per heavy atom. The molecule has 0 aromatic carbocycles. The van der Waals surface area contributed by atoms with E-state index in [1.54, 1.807) is 0 Å². The van der Waals surface area contributed by atoms with Crippen LogP contribution in [0.2, 0.25) is 0 Å². The third-order valence-electron chi connectivity index (χ3n) is 19.2. The van der Waals surface area contributed by atoms with Crippen molar-refractivity contribution >= 4 is 104 Å². The predicted octanol–water partition coefficient (Wildman–Crippen LogP) is -34.2. The van der Waals surface area contributed by atoms with Crippen LogP contribution in [0.5, 0.6) is 0 Å². The van der Waals surface area contributed by atoms with E-state index in [2.05, 4.69) is 76.4 Å². The fourth-order valence-electron chi connectivity index (χ4n) is 15.7. The van der Waals surface area contributed by atoms with Crippen molar-refractivity contribution < 1.29 is 496 Å². The molecule has 7 fully saturated rings. The Bertz CT molecular complexity index is 4130. The van der Waals surface area contributed by atoms with Crippen LogP contribution in [0.15, 0.2) is 0 Å². The molecule has 0 aromatic heterocycles. The van der Waals surface area contributed by atoms with E-state index in [0.29, 0.717) is 42.4 Å². The van der Waals surface area contributed by atoms with E-state index in [0.717, 1.165) is 51.4 Å². The molecular formula is C45H68Na10O46S10. The van der Waals surface area contributed by atoms with E-state index in [9.17, 15) is 130 Å². The summed E-state index contributed by atoms with van der Waals surface area (Å²) in [7, 11) is -65.4. The zero-order chi connectivity index (χ0) is 76.2. The van der Waals surface area contributed by atoms with Crippen molar-refractivity contribution in [1.29, 1.82) is 0 Å². The summed E-state index contributed by atoms with van der Waals surface area (Å²) in [6.45, 7) is 4.61. The maximum atomic E-state index is 12.8. The number of rotatable bonds is 34. The molecule has 3 heterocycles. The molecule has 66 heteroatoms. The Kier molecular flexibility index (Phi) is 56.9. The molecule has 3 aliphatic heterocycles. The van der Waals surface area contributed by atoms with Gasteiger partial charge in [0.15, 0.2) is 37.2 Å². The number of hydrogen-bond donors (Lipinski definition) is 0. The van der Waals surface area contributed by atoms with Gasteiger partial charge in [-0.2, -0.15) is 0 Å². The molecule has 0 N–H and O–H groups in total. The van der Waals surface area contributed by atoms with Gasteiger partial charge in [-0.3, -0.25) is 41.8 Å². The van der Waals surface area contributed by atoms with Crippen LogP contribution in [0.3, 0.4) is 0 Å². The molecule has 4 aliphatic carbocycles. The van der Waals surface area contributed by atoms with Crippen molar-refractivity contribution in [3.8, 4) is 0 Å². The number of ether oxygens (including phenoxy) is 6. The first-order chi connectivity index (χ1) is 45.7. The minimum absolute atomic E-state index is 0. The normalized spacial score (nSPS) is 34.4. The fourth-order valence-corrected chi connectivity index (χ4v) is 20.0. The SMILES string of the molecule is CC(C)CCC[C@@H](C)[C@H]1CC[C@H]2[C@@H]3CC[C@H]4C[C@@H](O[C@@H]5O[C@H](COS(=O)(=O)[O-])[C@@H](O[C@H]6O[C@H](COS(=O)(=O)[O-])[C@@H](O[C@H]7O[C@H](COS(=O)(=O)[O-])[C@@H](OS(=O)(=O)[O-])[C@H](OS(=O)(=O)[O-])[C@H]7OS(=O)(=O)[O-])[C@H](OS(=O)(=O)[O-])[C@H]6OS(=O)(=O)[O-])[C@H](OS(=O)(=O)[O-])[C@H]5OS(=O)(=O)[O-])CC[C@]4(C)[C@H]3CC[C@]12C.[Na+].[Na+].[Na+].[Na+].[Na+].[Na+].[Na+].[Na+].[Na+].[Na+]. The summed E-state index contributed by atoms with van der Waals surface area (Å²) in [6, 6.07) is 0. The van der Waals surface area contributed by atoms with Crippen LogP contribution in [-0.2, 0) is 174 Å². The molecular weight excluding hydrogens is 1830 g/mol. The van der Waals surface area contributed by atoms with E-state index in [4.69, 9.17) is 28.4 Å². The Labute approximate surface area is 866 Å². The van der Waals surface area contributed by atoms with E-state index in [-0.39, 0.29) is 326 Å². The van der Waals surface area contributed by atoms with Gasteiger partial charge in [0, 0.05) is 0 Å². The van der Waals surface area contributed by atoms with Gasteiger partial charge in [0.25, 0.3) is 0 Å². The first kappa shape index (κ1) is 126. The molecule has 24 atom stereocenters. The quantitative estimate of drug-likeness (QED) is 0.0250. The number of hydrogen-bond acceptors (Lipinski definition) is 46. The standard InChI is InChI=1S/C45H78O46S10.10Na/c1-21(2)7-6-8-22(3)26-11-12-27-25-10-9-23-17-24(13-15-44(23,4)28(25)14-16-45(26,27)5)79-41-38(89-99(67,68)69)35(86-96(58,59)60)32(29(80-41)18-76-92(46,47)48)83-42-39(90-100(70,71)72)36(87-97(61,62)63)33(30(81-42)19-77-93(49,50)51)84-43-40(91-101(73,74)75)37(88-98(64,65)66)34(85-95(55,56)57)31(82-43)20-78-94(52,53)54;;;;;;;;;;/h21-43H,6-20H2,1-5H3,(H,46,47,48)(H,49,50,51)(H,52,53,54)(H,55,56,57)(H,58,59,60)(H,61,62,63)(H,64,65,66)(H,67,68,69)(H,70,71,72)(H,73,74,75);;;;;;;;;;/q;10*+1/p-10/t22-,23+,24+,25+,26-,27+,28+,29-,30-,31-,32-,33-,34-,35+,36+,37+,38-,39-,40-,41-,42-,43-,44+,45-;;;;;;;;;;/m1........../s1. The smallest absolute Gasteiger partial charge is 0.726 e. The molecule has 0 unspecified atom stereocenters.